The molecule has 0 aliphatic carbocycles. The van der Waals surface area contributed by atoms with Crippen LogP contribution in [0.4, 0.5) is 0 Å². The quantitative estimate of drug-likeness (QED) is 0.841. The van der Waals surface area contributed by atoms with E-state index < -0.39 is 0 Å². The molecule has 0 aromatic heterocycles. The molecule has 0 N–H and O–H groups in total. The summed E-state index contributed by atoms with van der Waals surface area (Å²) in [5.41, 5.74) is 1.95. The fourth-order valence-electron chi connectivity index (χ4n) is 3.97. The first kappa shape index (κ1) is 17.4. The van der Waals surface area contributed by atoms with Crippen molar-refractivity contribution in [3.8, 4) is 0 Å². The van der Waals surface area contributed by atoms with E-state index in [0.29, 0.717) is 6.04 Å². The molecule has 3 rings (SSSR count). The number of benzene rings is 1. The highest BCUT2D eigenvalue weighted by Gasteiger charge is 2.38. The lowest BCUT2D eigenvalue weighted by Gasteiger charge is -2.35. The molecule has 2 aliphatic heterocycles. The highest BCUT2D eigenvalue weighted by molar-refractivity contribution is 5.96. The summed E-state index contributed by atoms with van der Waals surface area (Å²) in [4.78, 5) is 19.8. The smallest absolute Gasteiger partial charge is 0.254 e. The predicted molar refractivity (Wildman–Crippen MR) is 95.1 cm³/mol. The number of ether oxygens (including phenoxy) is 1. The second kappa shape index (κ2) is 7.64. The molecule has 1 amide bonds. The fourth-order valence-corrected chi connectivity index (χ4v) is 3.97. The van der Waals surface area contributed by atoms with Gasteiger partial charge in [-0.3, -0.25) is 9.69 Å². The zero-order chi connectivity index (χ0) is 17.1. The van der Waals surface area contributed by atoms with Gasteiger partial charge in [-0.2, -0.15) is 0 Å². The molecule has 2 atom stereocenters. The van der Waals surface area contributed by atoms with E-state index in [1.807, 2.05) is 32.3 Å². The van der Waals surface area contributed by atoms with Gasteiger partial charge in [0.1, 0.15) is 0 Å². The predicted octanol–water partition coefficient (Wildman–Crippen LogP) is 1.68. The van der Waals surface area contributed by atoms with Gasteiger partial charge in [0, 0.05) is 43.8 Å². The number of nitrogens with zero attached hydrogens (tertiary/aromatic N) is 3. The number of carbonyl (C=O) groups excluding carboxylic acids is 1. The Morgan fingerprint density at radius 1 is 1.21 bits per heavy atom. The molecule has 0 unspecified atom stereocenters. The summed E-state index contributed by atoms with van der Waals surface area (Å²) in [6.45, 7) is 7.41. The number of hydrogen-bond donors (Lipinski definition) is 0. The summed E-state index contributed by atoms with van der Waals surface area (Å²) in [5, 5.41) is 0. The van der Waals surface area contributed by atoms with Crippen LogP contribution in [-0.4, -0.2) is 79.6 Å². The van der Waals surface area contributed by atoms with Crippen LogP contribution in [-0.2, 0) is 11.3 Å². The van der Waals surface area contributed by atoms with Crippen molar-refractivity contribution in [1.82, 2.24) is 14.7 Å². The molecule has 2 saturated heterocycles. The first-order chi connectivity index (χ1) is 11.6. The summed E-state index contributed by atoms with van der Waals surface area (Å²) >= 11 is 0. The first-order valence-corrected chi connectivity index (χ1v) is 8.93. The zero-order valence-corrected chi connectivity index (χ0v) is 15.1. The van der Waals surface area contributed by atoms with Crippen LogP contribution >= 0.6 is 0 Å². The Hall–Kier alpha value is -1.43. The molecular formula is C19H29N3O2. The van der Waals surface area contributed by atoms with E-state index in [4.69, 9.17) is 4.74 Å². The van der Waals surface area contributed by atoms with E-state index in [1.165, 1.54) is 0 Å². The minimum Gasteiger partial charge on any atom is -0.379 e. The van der Waals surface area contributed by atoms with Crippen LogP contribution in [0.25, 0.3) is 0 Å². The van der Waals surface area contributed by atoms with Gasteiger partial charge in [0.2, 0.25) is 0 Å². The van der Waals surface area contributed by atoms with Crippen LogP contribution in [0.2, 0.25) is 0 Å². The Labute approximate surface area is 145 Å². The highest BCUT2D eigenvalue weighted by Crippen LogP contribution is 2.26. The lowest BCUT2D eigenvalue weighted by atomic mass is 10.0. The highest BCUT2D eigenvalue weighted by atomic mass is 16.5. The van der Waals surface area contributed by atoms with Crippen molar-refractivity contribution in [2.24, 2.45) is 0 Å². The summed E-state index contributed by atoms with van der Waals surface area (Å²) < 4.78 is 5.46. The molecule has 0 saturated carbocycles. The van der Waals surface area contributed by atoms with Gasteiger partial charge in [-0.15, -0.1) is 0 Å². The molecule has 0 bridgehead atoms. The van der Waals surface area contributed by atoms with Crippen LogP contribution in [0.1, 0.15) is 29.3 Å². The van der Waals surface area contributed by atoms with Gasteiger partial charge in [-0.25, -0.2) is 0 Å². The maximum Gasteiger partial charge on any atom is 0.254 e. The molecule has 2 heterocycles. The molecular weight excluding hydrogens is 302 g/mol. The van der Waals surface area contributed by atoms with Gasteiger partial charge < -0.3 is 14.5 Å². The molecule has 5 nitrogen and oxygen atoms in total. The van der Waals surface area contributed by atoms with Crippen molar-refractivity contribution in [2.45, 2.75) is 32.0 Å². The molecule has 24 heavy (non-hydrogen) atoms. The van der Waals surface area contributed by atoms with Crippen LogP contribution in [0.5, 0.6) is 0 Å². The standard InChI is InChI=1S/C19H29N3O2/c1-15-18(21-10-12-24-13-11-21)8-9-22(15)19(23)17-7-5-4-6-16(17)14-20(2)3/h4-7,15,18H,8-14H2,1-3H3/t15-,18-/m1/s1. The van der Waals surface area contributed by atoms with Gasteiger partial charge in [0.05, 0.1) is 13.2 Å². The van der Waals surface area contributed by atoms with E-state index in [1.54, 1.807) is 0 Å². The fraction of sp³-hybridized carbons (Fsp3) is 0.632. The Kier molecular flexibility index (Phi) is 5.54. The molecule has 1 aromatic carbocycles. The number of likely N-dealkylation sites (tertiary alicyclic amines) is 1. The average molecular weight is 331 g/mol. The minimum atomic E-state index is 0.177. The van der Waals surface area contributed by atoms with E-state index >= 15 is 0 Å². The van der Waals surface area contributed by atoms with Crippen molar-refractivity contribution in [3.05, 3.63) is 35.4 Å². The average Bonchev–Trinajstić information content (AvgIpc) is 2.96. The van der Waals surface area contributed by atoms with Gasteiger partial charge in [-0.05, 0) is 39.1 Å². The molecule has 1 aromatic rings. The molecule has 2 fully saturated rings. The Bertz CT molecular complexity index is 569. The Morgan fingerprint density at radius 3 is 2.62 bits per heavy atom. The normalized spacial score (nSPS) is 25.4. The number of morpholine rings is 1. The lowest BCUT2D eigenvalue weighted by Crippen LogP contribution is -2.49. The van der Waals surface area contributed by atoms with Crippen LogP contribution in [0.3, 0.4) is 0 Å². The monoisotopic (exact) mass is 331 g/mol. The number of amides is 1. The van der Waals surface area contributed by atoms with Crippen LogP contribution < -0.4 is 0 Å². The van der Waals surface area contributed by atoms with Gasteiger partial charge in [-0.1, -0.05) is 18.2 Å². The minimum absolute atomic E-state index is 0.177. The number of carbonyl (C=O) groups is 1. The zero-order valence-electron chi connectivity index (χ0n) is 15.1. The van der Waals surface area contributed by atoms with Gasteiger partial charge in [0.25, 0.3) is 5.91 Å². The molecule has 2 aliphatic rings. The van der Waals surface area contributed by atoms with Gasteiger partial charge >= 0.3 is 0 Å². The van der Waals surface area contributed by atoms with E-state index in [0.717, 1.165) is 56.9 Å². The number of hydrogen-bond acceptors (Lipinski definition) is 4. The van der Waals surface area contributed by atoms with Crippen molar-refractivity contribution < 1.29 is 9.53 Å². The lowest BCUT2D eigenvalue weighted by molar-refractivity contribution is 0.0104. The van der Waals surface area contributed by atoms with E-state index in [2.05, 4.69) is 27.7 Å². The topological polar surface area (TPSA) is 36.0 Å². The maximum absolute atomic E-state index is 13.2. The third kappa shape index (κ3) is 3.63. The van der Waals surface area contributed by atoms with Crippen molar-refractivity contribution in [3.63, 3.8) is 0 Å². The summed E-state index contributed by atoms with van der Waals surface area (Å²) in [6, 6.07) is 8.72. The van der Waals surface area contributed by atoms with E-state index in [9.17, 15) is 4.79 Å². The first-order valence-electron chi connectivity index (χ1n) is 8.93. The van der Waals surface area contributed by atoms with Gasteiger partial charge in [0.15, 0.2) is 0 Å². The van der Waals surface area contributed by atoms with E-state index in [-0.39, 0.29) is 11.9 Å². The second-order valence-corrected chi connectivity index (χ2v) is 7.14. The Morgan fingerprint density at radius 2 is 1.92 bits per heavy atom. The molecule has 0 spiro atoms. The third-order valence-electron chi connectivity index (χ3n) is 5.22. The van der Waals surface area contributed by atoms with Crippen LogP contribution in [0, 0.1) is 0 Å². The molecule has 0 radical (unpaired) electrons. The van der Waals surface area contributed by atoms with Crippen molar-refractivity contribution in [2.75, 3.05) is 46.9 Å². The maximum atomic E-state index is 13.2. The molecule has 132 valence electrons. The van der Waals surface area contributed by atoms with Crippen LogP contribution in [0.15, 0.2) is 24.3 Å². The summed E-state index contributed by atoms with van der Waals surface area (Å²) in [6.07, 6.45) is 1.06. The Balaban J connectivity index is 1.74. The third-order valence-corrected chi connectivity index (χ3v) is 5.22. The largest absolute Gasteiger partial charge is 0.379 e. The molecule has 5 heteroatoms. The second-order valence-electron chi connectivity index (χ2n) is 7.14. The summed E-state index contributed by atoms with van der Waals surface area (Å²) in [7, 11) is 4.07. The summed E-state index contributed by atoms with van der Waals surface area (Å²) in [5.74, 6) is 0.177. The van der Waals surface area contributed by atoms with Crippen molar-refractivity contribution >= 4 is 5.91 Å². The van der Waals surface area contributed by atoms with Crippen molar-refractivity contribution in [1.29, 1.82) is 0 Å². The number of rotatable bonds is 4. The SMILES string of the molecule is C[C@@H]1[C@H](N2CCOCC2)CCN1C(=O)c1ccccc1CN(C)C.